The molecule has 24 heavy (non-hydrogen) atoms. The molecular weight excluding hydrogens is 288 g/mol. The van der Waals surface area contributed by atoms with Gasteiger partial charge in [0.05, 0.1) is 0 Å². The molecule has 0 heterocycles. The largest absolute Gasteiger partial charge is 0.0885 e. The SMILES string of the molecule is C1=C\CCCCCC/C=C\CCCCCC/C=C\CCCCCC/1. The van der Waals surface area contributed by atoms with Crippen LogP contribution in [0.3, 0.4) is 0 Å². The van der Waals surface area contributed by atoms with Crippen LogP contribution in [0.1, 0.15) is 116 Å². The van der Waals surface area contributed by atoms with E-state index < -0.39 is 0 Å². The van der Waals surface area contributed by atoms with Crippen LogP contribution in [-0.2, 0) is 0 Å². The number of allylic oxidation sites excluding steroid dienone is 6. The van der Waals surface area contributed by atoms with Crippen LogP contribution in [0.4, 0.5) is 0 Å². The molecule has 0 aromatic heterocycles. The van der Waals surface area contributed by atoms with Crippen LogP contribution in [0, 0.1) is 0 Å². The first kappa shape index (κ1) is 21.3. The minimum absolute atomic E-state index is 1.29. The van der Waals surface area contributed by atoms with Crippen LogP contribution in [0.25, 0.3) is 0 Å². The second kappa shape index (κ2) is 18.6. The highest BCUT2D eigenvalue weighted by Crippen LogP contribution is 2.11. The van der Waals surface area contributed by atoms with E-state index in [2.05, 4.69) is 36.5 Å². The smallest absolute Gasteiger partial charge is 0.0351 e. The topological polar surface area (TPSA) is 0 Å². The molecule has 0 N–H and O–H groups in total. The van der Waals surface area contributed by atoms with Gasteiger partial charge in [-0.25, -0.2) is 0 Å². The third kappa shape index (κ3) is 16.1. The molecule has 0 radical (unpaired) electrons. The van der Waals surface area contributed by atoms with Crippen molar-refractivity contribution in [3.63, 3.8) is 0 Å². The fourth-order valence-corrected chi connectivity index (χ4v) is 3.34. The van der Waals surface area contributed by atoms with Gasteiger partial charge >= 0.3 is 0 Å². The Morgan fingerprint density at radius 2 is 0.375 bits per heavy atom. The molecule has 0 spiro atoms. The Bertz CT molecular complexity index is 239. The average Bonchev–Trinajstić information content (AvgIpc) is 2.59. The molecule has 0 aromatic rings. The van der Waals surface area contributed by atoms with Crippen molar-refractivity contribution in [2.75, 3.05) is 0 Å². The first-order chi connectivity index (χ1) is 12.0. The second-order valence-electron chi connectivity index (χ2n) is 7.39. The minimum atomic E-state index is 1.29. The highest BCUT2D eigenvalue weighted by atomic mass is 14.0. The predicted octanol–water partition coefficient (Wildman–Crippen LogP) is 8.69. The van der Waals surface area contributed by atoms with Crippen molar-refractivity contribution in [1.82, 2.24) is 0 Å². The Labute approximate surface area is 152 Å². The van der Waals surface area contributed by atoms with Crippen molar-refractivity contribution < 1.29 is 0 Å². The fourth-order valence-electron chi connectivity index (χ4n) is 3.34. The molecule has 0 amide bonds. The summed E-state index contributed by atoms with van der Waals surface area (Å²) in [5, 5.41) is 0. The van der Waals surface area contributed by atoms with Crippen molar-refractivity contribution in [2.24, 2.45) is 0 Å². The summed E-state index contributed by atoms with van der Waals surface area (Å²) < 4.78 is 0. The Hall–Kier alpha value is -0.780. The lowest BCUT2D eigenvalue weighted by molar-refractivity contribution is 0.638. The van der Waals surface area contributed by atoms with E-state index in [1.807, 2.05) is 0 Å². The summed E-state index contributed by atoms with van der Waals surface area (Å²) in [7, 11) is 0. The number of hydrogen-bond acceptors (Lipinski definition) is 0. The summed E-state index contributed by atoms with van der Waals surface area (Å²) in [6.07, 6.45) is 39.0. The van der Waals surface area contributed by atoms with Crippen molar-refractivity contribution in [3.05, 3.63) is 36.5 Å². The summed E-state index contributed by atoms with van der Waals surface area (Å²) in [5.74, 6) is 0. The average molecular weight is 331 g/mol. The maximum absolute atomic E-state index is 2.42. The van der Waals surface area contributed by atoms with E-state index in [4.69, 9.17) is 0 Å². The van der Waals surface area contributed by atoms with Crippen LogP contribution in [0.5, 0.6) is 0 Å². The molecule has 0 aromatic carbocycles. The van der Waals surface area contributed by atoms with Crippen LogP contribution in [-0.4, -0.2) is 0 Å². The quantitative estimate of drug-likeness (QED) is 0.390. The van der Waals surface area contributed by atoms with E-state index in [-0.39, 0.29) is 0 Å². The molecule has 0 bridgehead atoms. The van der Waals surface area contributed by atoms with E-state index in [1.54, 1.807) is 0 Å². The van der Waals surface area contributed by atoms with E-state index in [1.165, 1.54) is 116 Å². The van der Waals surface area contributed by atoms with Crippen molar-refractivity contribution in [1.29, 1.82) is 0 Å². The lowest BCUT2D eigenvalue weighted by Crippen LogP contribution is -1.80. The molecule has 1 rings (SSSR count). The first-order valence-corrected chi connectivity index (χ1v) is 10.9. The third-order valence-corrected chi connectivity index (χ3v) is 4.97. The van der Waals surface area contributed by atoms with Gasteiger partial charge in [-0.3, -0.25) is 0 Å². The molecule has 1 aliphatic carbocycles. The van der Waals surface area contributed by atoms with Crippen LogP contribution >= 0.6 is 0 Å². The van der Waals surface area contributed by atoms with Gasteiger partial charge < -0.3 is 0 Å². The van der Waals surface area contributed by atoms with Gasteiger partial charge in [0.15, 0.2) is 0 Å². The van der Waals surface area contributed by atoms with Gasteiger partial charge in [0.1, 0.15) is 0 Å². The molecule has 0 saturated heterocycles. The van der Waals surface area contributed by atoms with Gasteiger partial charge in [0.25, 0.3) is 0 Å². The van der Waals surface area contributed by atoms with Gasteiger partial charge in [-0.1, -0.05) is 75.0 Å². The first-order valence-electron chi connectivity index (χ1n) is 10.9. The third-order valence-electron chi connectivity index (χ3n) is 4.97. The van der Waals surface area contributed by atoms with Crippen LogP contribution in [0.2, 0.25) is 0 Å². The summed E-state index contributed by atoms with van der Waals surface area (Å²) in [4.78, 5) is 0. The Kier molecular flexibility index (Phi) is 16.4. The molecule has 0 nitrogen and oxygen atoms in total. The monoisotopic (exact) mass is 330 g/mol. The van der Waals surface area contributed by atoms with Gasteiger partial charge in [-0.2, -0.15) is 0 Å². The highest BCUT2D eigenvalue weighted by Gasteiger charge is 1.91. The van der Waals surface area contributed by atoms with Gasteiger partial charge in [-0.15, -0.1) is 0 Å². The molecule has 0 aliphatic heterocycles. The molecular formula is C24H42. The number of hydrogen-bond donors (Lipinski definition) is 0. The van der Waals surface area contributed by atoms with Crippen molar-refractivity contribution >= 4 is 0 Å². The zero-order chi connectivity index (χ0) is 17.0. The molecule has 0 atom stereocenters. The lowest BCUT2D eigenvalue weighted by Gasteiger charge is -2.00. The summed E-state index contributed by atoms with van der Waals surface area (Å²) in [6.45, 7) is 0. The van der Waals surface area contributed by atoms with E-state index in [0.29, 0.717) is 0 Å². The van der Waals surface area contributed by atoms with E-state index >= 15 is 0 Å². The molecule has 138 valence electrons. The Balaban J connectivity index is 2.14. The zero-order valence-electron chi connectivity index (χ0n) is 16.2. The summed E-state index contributed by atoms with van der Waals surface area (Å²) >= 11 is 0. The van der Waals surface area contributed by atoms with E-state index in [0.717, 1.165) is 0 Å². The molecule has 0 unspecified atom stereocenters. The predicted molar refractivity (Wildman–Crippen MR) is 111 cm³/mol. The number of rotatable bonds is 0. The standard InChI is InChI=1S/C24H42/c1-2-4-6-8-10-12-14-16-18-20-22-24-23-21-19-17-15-13-11-9-7-5-3-1/h1-2,15-18H,3-14,19-24H2/b2-1-,17-15-,18-16-. The van der Waals surface area contributed by atoms with Crippen molar-refractivity contribution in [3.8, 4) is 0 Å². The Morgan fingerprint density at radius 1 is 0.208 bits per heavy atom. The Morgan fingerprint density at radius 3 is 0.542 bits per heavy atom. The highest BCUT2D eigenvalue weighted by molar-refractivity contribution is 4.83. The maximum Gasteiger partial charge on any atom is -0.0351 e. The summed E-state index contributed by atoms with van der Waals surface area (Å²) in [6, 6.07) is 0. The van der Waals surface area contributed by atoms with Crippen molar-refractivity contribution in [2.45, 2.75) is 116 Å². The normalized spacial score (nSPS) is 26.0. The van der Waals surface area contributed by atoms with Gasteiger partial charge in [-0.05, 0) is 77.0 Å². The fraction of sp³-hybridized carbons (Fsp3) is 0.750. The molecule has 1 aliphatic rings. The van der Waals surface area contributed by atoms with Crippen LogP contribution < -0.4 is 0 Å². The van der Waals surface area contributed by atoms with E-state index in [9.17, 15) is 0 Å². The maximum atomic E-state index is 2.42. The minimum Gasteiger partial charge on any atom is -0.0885 e. The molecule has 0 heteroatoms. The van der Waals surface area contributed by atoms with Crippen LogP contribution in [0.15, 0.2) is 36.5 Å². The van der Waals surface area contributed by atoms with Gasteiger partial charge in [0.2, 0.25) is 0 Å². The van der Waals surface area contributed by atoms with Gasteiger partial charge in [0, 0.05) is 0 Å². The molecule has 0 fully saturated rings. The summed E-state index contributed by atoms with van der Waals surface area (Å²) in [5.41, 5.74) is 0. The second-order valence-corrected chi connectivity index (χ2v) is 7.39. The zero-order valence-corrected chi connectivity index (χ0v) is 16.2. The lowest BCUT2D eigenvalue weighted by atomic mass is 10.1. The molecule has 0 saturated carbocycles.